The van der Waals surface area contributed by atoms with E-state index in [0.29, 0.717) is 18.3 Å². The van der Waals surface area contributed by atoms with Crippen LogP contribution < -0.4 is 5.32 Å². The van der Waals surface area contributed by atoms with Gasteiger partial charge in [0.2, 0.25) is 0 Å². The average molecular weight is 491 g/mol. The monoisotopic (exact) mass is 490 g/mol. The lowest BCUT2D eigenvalue weighted by atomic mass is 10.1. The van der Waals surface area contributed by atoms with E-state index in [0.717, 1.165) is 36.7 Å². The number of aliphatic imine (C=N–C) groups is 1. The minimum absolute atomic E-state index is 0. The van der Waals surface area contributed by atoms with Crippen LogP contribution in [0, 0.1) is 0 Å². The number of rotatable bonds is 4. The number of aromatic nitrogens is 3. The highest BCUT2D eigenvalue weighted by Crippen LogP contribution is 2.21. The number of hydrogen-bond acceptors (Lipinski definition) is 4. The van der Waals surface area contributed by atoms with E-state index >= 15 is 0 Å². The fraction of sp³-hybridized carbons (Fsp3) is 0.471. The Morgan fingerprint density at radius 1 is 1.42 bits per heavy atom. The molecule has 1 atom stereocenters. The van der Waals surface area contributed by atoms with E-state index in [4.69, 9.17) is 21.3 Å². The van der Waals surface area contributed by atoms with E-state index < -0.39 is 0 Å². The van der Waals surface area contributed by atoms with Crippen LogP contribution in [0.25, 0.3) is 0 Å². The van der Waals surface area contributed by atoms with Crippen LogP contribution >= 0.6 is 35.6 Å². The molecule has 2 aromatic heterocycles. The van der Waals surface area contributed by atoms with Gasteiger partial charge < -0.3 is 15.0 Å². The second-order valence-corrected chi connectivity index (χ2v) is 6.30. The van der Waals surface area contributed by atoms with Crippen LogP contribution in [0.15, 0.2) is 35.7 Å². The third kappa shape index (κ3) is 5.55. The quantitative estimate of drug-likeness (QED) is 0.309. The number of nitrogens with one attached hydrogen (secondary N) is 1. The Kier molecular flexibility index (Phi) is 8.11. The molecule has 0 aliphatic carbocycles. The smallest absolute Gasteiger partial charge is 0.194 e. The number of aryl methyl sites for hydroxylation is 1. The van der Waals surface area contributed by atoms with Gasteiger partial charge in [-0.15, -0.1) is 24.0 Å². The molecule has 3 rings (SSSR count). The molecule has 7 nitrogen and oxygen atoms in total. The molecule has 1 saturated heterocycles. The summed E-state index contributed by atoms with van der Waals surface area (Å²) in [4.78, 5) is 11.1. The Bertz CT molecular complexity index is 720. The maximum absolute atomic E-state index is 5.91. The van der Waals surface area contributed by atoms with Gasteiger partial charge in [0.25, 0.3) is 0 Å². The van der Waals surface area contributed by atoms with Gasteiger partial charge in [-0.3, -0.25) is 4.68 Å². The zero-order valence-corrected chi connectivity index (χ0v) is 18.0. The van der Waals surface area contributed by atoms with Crippen LogP contribution in [0.1, 0.15) is 24.2 Å². The van der Waals surface area contributed by atoms with Crippen LogP contribution in [-0.2, 0) is 18.3 Å². The number of pyridine rings is 1. The van der Waals surface area contributed by atoms with Crippen LogP contribution in [0.4, 0.5) is 0 Å². The molecule has 3 heterocycles. The Labute approximate surface area is 175 Å². The minimum atomic E-state index is 0. The molecular weight excluding hydrogens is 467 g/mol. The van der Waals surface area contributed by atoms with Gasteiger partial charge in [-0.1, -0.05) is 17.7 Å². The lowest BCUT2D eigenvalue weighted by Gasteiger charge is -2.34. The summed E-state index contributed by atoms with van der Waals surface area (Å²) in [6.45, 7) is 5.65. The molecule has 1 aliphatic heterocycles. The highest BCUT2D eigenvalue weighted by Gasteiger charge is 2.25. The van der Waals surface area contributed by atoms with E-state index in [1.54, 1.807) is 16.9 Å². The first-order valence-corrected chi connectivity index (χ1v) is 8.77. The molecule has 0 spiro atoms. The van der Waals surface area contributed by atoms with Gasteiger partial charge in [0.1, 0.15) is 11.3 Å². The van der Waals surface area contributed by atoms with Crippen LogP contribution in [0.2, 0.25) is 5.15 Å². The molecule has 142 valence electrons. The molecule has 0 amide bonds. The number of nitrogens with zero attached hydrogens (tertiary/aromatic N) is 5. The van der Waals surface area contributed by atoms with E-state index in [1.165, 1.54) is 0 Å². The summed E-state index contributed by atoms with van der Waals surface area (Å²) >= 11 is 5.83. The zero-order chi connectivity index (χ0) is 17.6. The van der Waals surface area contributed by atoms with Gasteiger partial charge >= 0.3 is 0 Å². The fourth-order valence-corrected chi connectivity index (χ4v) is 2.85. The standard InChI is InChI=1S/C17H23ClN6O.HI/c1-3-19-17(21-9-13-4-5-16(18)20-8-13)24-6-7-25-15(12-24)14-10-22-23(2)11-14;/h4-5,8,10-11,15H,3,6-7,9,12H2,1-2H3,(H,19,21);1H. The molecule has 26 heavy (non-hydrogen) atoms. The van der Waals surface area contributed by atoms with Crippen molar-refractivity contribution in [2.24, 2.45) is 12.0 Å². The summed E-state index contributed by atoms with van der Waals surface area (Å²) in [5.74, 6) is 0.884. The van der Waals surface area contributed by atoms with Gasteiger partial charge in [-0.25, -0.2) is 9.98 Å². The van der Waals surface area contributed by atoms with E-state index in [1.807, 2.05) is 25.5 Å². The largest absolute Gasteiger partial charge is 0.370 e. The first kappa shape index (κ1) is 20.9. The summed E-state index contributed by atoms with van der Waals surface area (Å²) in [5, 5.41) is 8.09. The molecule has 9 heteroatoms. The van der Waals surface area contributed by atoms with Gasteiger partial charge in [-0.2, -0.15) is 5.10 Å². The molecule has 0 saturated carbocycles. The van der Waals surface area contributed by atoms with Crippen molar-refractivity contribution in [2.45, 2.75) is 19.6 Å². The Hall–Kier alpha value is -1.39. The lowest BCUT2D eigenvalue weighted by molar-refractivity contribution is -0.00805. The topological polar surface area (TPSA) is 67.6 Å². The lowest BCUT2D eigenvalue weighted by Crippen LogP contribution is -2.48. The molecule has 0 aromatic carbocycles. The van der Waals surface area contributed by atoms with E-state index in [2.05, 4.69) is 27.2 Å². The molecule has 1 fully saturated rings. The van der Waals surface area contributed by atoms with Crippen LogP contribution in [0.5, 0.6) is 0 Å². The van der Waals surface area contributed by atoms with Crippen molar-refractivity contribution in [3.63, 3.8) is 0 Å². The first-order valence-electron chi connectivity index (χ1n) is 8.39. The molecule has 0 bridgehead atoms. The van der Waals surface area contributed by atoms with Gasteiger partial charge in [0.15, 0.2) is 5.96 Å². The van der Waals surface area contributed by atoms with Gasteiger partial charge in [0, 0.05) is 38.1 Å². The van der Waals surface area contributed by atoms with E-state index in [9.17, 15) is 0 Å². The Balaban J connectivity index is 0.00000243. The normalized spacial score (nSPS) is 17.7. The van der Waals surface area contributed by atoms with Crippen molar-refractivity contribution in [3.05, 3.63) is 47.0 Å². The van der Waals surface area contributed by atoms with Crippen molar-refractivity contribution < 1.29 is 4.74 Å². The summed E-state index contributed by atoms with van der Waals surface area (Å²) in [7, 11) is 1.91. The van der Waals surface area contributed by atoms with Crippen molar-refractivity contribution in [1.29, 1.82) is 0 Å². The molecule has 1 aliphatic rings. The minimum Gasteiger partial charge on any atom is -0.370 e. The highest BCUT2D eigenvalue weighted by atomic mass is 127. The number of morpholine rings is 1. The second-order valence-electron chi connectivity index (χ2n) is 5.91. The van der Waals surface area contributed by atoms with Crippen molar-refractivity contribution >= 4 is 41.5 Å². The predicted molar refractivity (Wildman–Crippen MR) is 113 cm³/mol. The summed E-state index contributed by atoms with van der Waals surface area (Å²) in [5.41, 5.74) is 2.11. The third-order valence-electron chi connectivity index (χ3n) is 4.00. The van der Waals surface area contributed by atoms with Crippen molar-refractivity contribution in [1.82, 2.24) is 25.0 Å². The molecule has 2 aromatic rings. The number of guanidine groups is 1. The molecular formula is C17H24ClIN6O. The summed E-state index contributed by atoms with van der Waals surface area (Å²) in [6, 6.07) is 3.73. The number of halogens is 2. The maximum atomic E-state index is 5.91. The van der Waals surface area contributed by atoms with Gasteiger partial charge in [0.05, 0.1) is 25.9 Å². The van der Waals surface area contributed by atoms with E-state index in [-0.39, 0.29) is 30.1 Å². The SMILES string of the molecule is CCNC(=NCc1ccc(Cl)nc1)N1CCOC(c2cnn(C)c2)C1.I. The van der Waals surface area contributed by atoms with Gasteiger partial charge in [-0.05, 0) is 18.6 Å². The van der Waals surface area contributed by atoms with Crippen LogP contribution in [0.3, 0.4) is 0 Å². The zero-order valence-electron chi connectivity index (χ0n) is 14.9. The Morgan fingerprint density at radius 3 is 2.92 bits per heavy atom. The average Bonchev–Trinajstić information content (AvgIpc) is 3.07. The molecule has 0 radical (unpaired) electrons. The van der Waals surface area contributed by atoms with Crippen LogP contribution in [-0.4, -0.2) is 51.9 Å². The highest BCUT2D eigenvalue weighted by molar-refractivity contribution is 14.0. The fourth-order valence-electron chi connectivity index (χ4n) is 2.74. The predicted octanol–water partition coefficient (Wildman–Crippen LogP) is 2.63. The Morgan fingerprint density at radius 2 is 2.27 bits per heavy atom. The van der Waals surface area contributed by atoms with Crippen molar-refractivity contribution in [3.8, 4) is 0 Å². The van der Waals surface area contributed by atoms with Crippen molar-refractivity contribution in [2.75, 3.05) is 26.2 Å². The first-order chi connectivity index (χ1) is 12.2. The summed E-state index contributed by atoms with van der Waals surface area (Å²) < 4.78 is 7.71. The molecule has 1 N–H and O–H groups in total. The maximum Gasteiger partial charge on any atom is 0.194 e. The second kappa shape index (κ2) is 10.1. The molecule has 1 unspecified atom stereocenters. The number of hydrogen-bond donors (Lipinski definition) is 1. The number of ether oxygens (including phenoxy) is 1. The third-order valence-corrected chi connectivity index (χ3v) is 4.22. The summed E-state index contributed by atoms with van der Waals surface area (Å²) in [6.07, 6.45) is 5.62.